The van der Waals surface area contributed by atoms with E-state index >= 15 is 0 Å². The van der Waals surface area contributed by atoms with E-state index in [1.165, 1.54) is 0 Å². The molecule has 1 aromatic heterocycles. The fraction of sp³-hybridized carbons (Fsp3) is 0.200. The highest BCUT2D eigenvalue weighted by Gasteiger charge is 2.12. The van der Waals surface area contributed by atoms with Crippen molar-refractivity contribution in [2.45, 2.75) is 24.1 Å². The molecule has 1 amide bonds. The maximum absolute atomic E-state index is 12.6. The molecular weight excluding hydrogens is 384 g/mol. The quantitative estimate of drug-likeness (QED) is 0.498. The number of amides is 1. The van der Waals surface area contributed by atoms with Gasteiger partial charge in [-0.1, -0.05) is 23.7 Å². The lowest BCUT2D eigenvalue weighted by Gasteiger charge is -2.17. The zero-order chi connectivity index (χ0) is 18.5. The van der Waals surface area contributed by atoms with Gasteiger partial charge in [-0.2, -0.15) is 0 Å². The minimum Gasteiger partial charge on any atom is -0.337 e. The van der Waals surface area contributed by atoms with Gasteiger partial charge in [0, 0.05) is 40.2 Å². The zero-order valence-corrected chi connectivity index (χ0v) is 17.0. The Morgan fingerprint density at radius 3 is 2.65 bits per heavy atom. The molecule has 0 atom stereocenters. The van der Waals surface area contributed by atoms with E-state index in [-0.39, 0.29) is 5.91 Å². The molecule has 0 saturated carbocycles. The van der Waals surface area contributed by atoms with E-state index < -0.39 is 0 Å². The summed E-state index contributed by atoms with van der Waals surface area (Å²) in [6.45, 7) is 2.54. The first-order chi connectivity index (χ1) is 12.5. The molecule has 0 unspecified atom stereocenters. The topological polar surface area (TPSA) is 33.2 Å². The molecule has 2 aromatic carbocycles. The summed E-state index contributed by atoms with van der Waals surface area (Å²) in [4.78, 5) is 19.9. The van der Waals surface area contributed by atoms with Crippen molar-refractivity contribution in [1.29, 1.82) is 0 Å². The van der Waals surface area contributed by atoms with Gasteiger partial charge < -0.3 is 4.90 Å². The molecule has 0 bridgehead atoms. The molecule has 0 aliphatic carbocycles. The molecular formula is C20H19ClN2OS2. The number of aromatic nitrogens is 1. The number of hydrogen-bond acceptors (Lipinski definition) is 4. The monoisotopic (exact) mass is 402 g/mol. The van der Waals surface area contributed by atoms with Crippen molar-refractivity contribution in [3.8, 4) is 0 Å². The first-order valence-electron chi connectivity index (χ1n) is 8.15. The van der Waals surface area contributed by atoms with Crippen LogP contribution in [-0.2, 0) is 12.3 Å². The maximum atomic E-state index is 12.6. The van der Waals surface area contributed by atoms with E-state index in [4.69, 9.17) is 11.6 Å². The Morgan fingerprint density at radius 1 is 1.23 bits per heavy atom. The van der Waals surface area contributed by atoms with Crippen LogP contribution < -0.4 is 0 Å². The van der Waals surface area contributed by atoms with Crippen LogP contribution in [0.4, 0.5) is 0 Å². The first kappa shape index (κ1) is 19.0. The summed E-state index contributed by atoms with van der Waals surface area (Å²) >= 11 is 9.40. The Labute approximate surface area is 167 Å². The predicted molar refractivity (Wildman–Crippen MR) is 110 cm³/mol. The van der Waals surface area contributed by atoms with Crippen LogP contribution in [0.15, 0.2) is 58.8 Å². The largest absolute Gasteiger partial charge is 0.337 e. The minimum atomic E-state index is -0.00310. The van der Waals surface area contributed by atoms with Gasteiger partial charge in [0.1, 0.15) is 0 Å². The standard InChI is InChI=1S/C20H19ClN2OS2/c1-14-22-18(12-25-14)13-26-19-8-6-16(7-9-19)20(24)23(2)11-15-4-3-5-17(21)10-15/h3-10,12H,11,13H2,1-2H3. The maximum Gasteiger partial charge on any atom is 0.253 e. The molecule has 6 heteroatoms. The molecule has 0 saturated heterocycles. The average molecular weight is 403 g/mol. The third kappa shape index (κ3) is 5.10. The fourth-order valence-electron chi connectivity index (χ4n) is 2.53. The normalized spacial score (nSPS) is 10.7. The van der Waals surface area contributed by atoms with E-state index in [0.29, 0.717) is 17.1 Å². The zero-order valence-electron chi connectivity index (χ0n) is 14.6. The Kier molecular flexibility index (Phi) is 6.35. The smallest absolute Gasteiger partial charge is 0.253 e. The second-order valence-electron chi connectivity index (χ2n) is 5.96. The molecule has 0 spiro atoms. The summed E-state index contributed by atoms with van der Waals surface area (Å²) in [5.74, 6) is 0.836. The van der Waals surface area contributed by atoms with E-state index in [0.717, 1.165) is 26.9 Å². The lowest BCUT2D eigenvalue weighted by Crippen LogP contribution is -2.26. The van der Waals surface area contributed by atoms with E-state index in [1.807, 2.05) is 55.5 Å². The molecule has 0 aliphatic heterocycles. The molecule has 0 N–H and O–H groups in total. The van der Waals surface area contributed by atoms with E-state index in [1.54, 1.807) is 35.0 Å². The number of aryl methyl sites for hydroxylation is 1. The summed E-state index contributed by atoms with van der Waals surface area (Å²) in [6, 6.07) is 15.3. The molecule has 3 aromatic rings. The number of carbonyl (C=O) groups excluding carboxylic acids is 1. The van der Waals surface area contributed by atoms with Crippen LogP contribution in [0.2, 0.25) is 5.02 Å². The third-order valence-corrected chi connectivity index (χ3v) is 5.91. The van der Waals surface area contributed by atoms with Crippen molar-refractivity contribution in [3.05, 3.63) is 80.8 Å². The van der Waals surface area contributed by atoms with Gasteiger partial charge in [0.05, 0.1) is 10.7 Å². The van der Waals surface area contributed by atoms with E-state index in [2.05, 4.69) is 10.4 Å². The Morgan fingerprint density at radius 2 is 2.00 bits per heavy atom. The van der Waals surface area contributed by atoms with Crippen LogP contribution in [-0.4, -0.2) is 22.8 Å². The minimum absolute atomic E-state index is 0.00310. The summed E-state index contributed by atoms with van der Waals surface area (Å²) in [6.07, 6.45) is 0. The summed E-state index contributed by atoms with van der Waals surface area (Å²) in [5, 5.41) is 3.86. The van der Waals surface area contributed by atoms with Gasteiger partial charge in [0.25, 0.3) is 5.91 Å². The Balaban J connectivity index is 1.59. The number of thioether (sulfide) groups is 1. The SMILES string of the molecule is Cc1nc(CSc2ccc(C(=O)N(C)Cc3cccc(Cl)c3)cc2)cs1. The van der Waals surface area contributed by atoms with Crippen molar-refractivity contribution in [3.63, 3.8) is 0 Å². The molecule has 0 fully saturated rings. The molecule has 26 heavy (non-hydrogen) atoms. The second-order valence-corrected chi connectivity index (χ2v) is 8.51. The molecule has 0 aliphatic rings. The average Bonchev–Trinajstić information content (AvgIpc) is 3.05. The van der Waals surface area contributed by atoms with Crippen molar-refractivity contribution in [2.24, 2.45) is 0 Å². The van der Waals surface area contributed by atoms with Crippen LogP contribution in [0.5, 0.6) is 0 Å². The lowest BCUT2D eigenvalue weighted by atomic mass is 10.1. The molecule has 0 radical (unpaired) electrons. The highest BCUT2D eigenvalue weighted by molar-refractivity contribution is 7.98. The molecule has 134 valence electrons. The highest BCUT2D eigenvalue weighted by Crippen LogP contribution is 2.24. The number of carbonyl (C=O) groups is 1. The molecule has 3 nitrogen and oxygen atoms in total. The number of halogens is 1. The second kappa shape index (κ2) is 8.71. The number of nitrogens with zero attached hydrogens (tertiary/aromatic N) is 2. The number of thiazole rings is 1. The molecule has 1 heterocycles. The van der Waals surface area contributed by atoms with Crippen LogP contribution in [0, 0.1) is 6.92 Å². The lowest BCUT2D eigenvalue weighted by molar-refractivity contribution is 0.0785. The van der Waals surface area contributed by atoms with Gasteiger partial charge >= 0.3 is 0 Å². The summed E-state index contributed by atoms with van der Waals surface area (Å²) in [5.41, 5.74) is 2.79. The number of rotatable bonds is 6. The molecule has 3 rings (SSSR count). The predicted octanol–water partition coefficient (Wildman–Crippen LogP) is 5.67. The van der Waals surface area contributed by atoms with Gasteiger partial charge in [-0.25, -0.2) is 4.98 Å². The van der Waals surface area contributed by atoms with Crippen molar-refractivity contribution in [2.75, 3.05) is 7.05 Å². The van der Waals surface area contributed by atoms with E-state index in [9.17, 15) is 4.79 Å². The van der Waals surface area contributed by atoms with Gasteiger partial charge in [-0.05, 0) is 48.9 Å². The summed E-state index contributed by atoms with van der Waals surface area (Å²) in [7, 11) is 1.80. The van der Waals surface area contributed by atoms with Crippen LogP contribution in [0.3, 0.4) is 0 Å². The highest BCUT2D eigenvalue weighted by atomic mass is 35.5. The van der Waals surface area contributed by atoms with Crippen LogP contribution in [0.1, 0.15) is 26.6 Å². The third-order valence-electron chi connectivity index (χ3n) is 3.81. The summed E-state index contributed by atoms with van der Waals surface area (Å²) < 4.78 is 0. The van der Waals surface area contributed by atoms with Gasteiger partial charge in [-0.15, -0.1) is 23.1 Å². The van der Waals surface area contributed by atoms with Crippen molar-refractivity contribution in [1.82, 2.24) is 9.88 Å². The van der Waals surface area contributed by atoms with Gasteiger partial charge in [0.15, 0.2) is 0 Å². The fourth-order valence-corrected chi connectivity index (χ4v) is 4.25. The Bertz CT molecular complexity index is 893. The van der Waals surface area contributed by atoms with Crippen molar-refractivity contribution >= 4 is 40.6 Å². The van der Waals surface area contributed by atoms with Crippen molar-refractivity contribution < 1.29 is 4.79 Å². The van der Waals surface area contributed by atoms with Gasteiger partial charge in [-0.3, -0.25) is 4.79 Å². The Hall–Kier alpha value is -1.82. The number of benzene rings is 2. The van der Waals surface area contributed by atoms with Crippen LogP contribution in [0.25, 0.3) is 0 Å². The van der Waals surface area contributed by atoms with Gasteiger partial charge in [0.2, 0.25) is 0 Å². The van der Waals surface area contributed by atoms with Crippen LogP contribution >= 0.6 is 34.7 Å². The number of hydrogen-bond donors (Lipinski definition) is 0. The first-order valence-corrected chi connectivity index (χ1v) is 10.4.